The number of hydrogen-bond donors (Lipinski definition) is 4. The number of carbonyl (C=O) groups is 2. The van der Waals surface area contributed by atoms with E-state index in [0.29, 0.717) is 29.1 Å². The first-order valence-corrected chi connectivity index (χ1v) is 11.5. The molecule has 1 saturated heterocycles. The number of ether oxygens (including phenoxy) is 2. The number of nitrogens with one attached hydrogen (secondary N) is 3. The molecule has 2 aliphatic rings. The van der Waals surface area contributed by atoms with Gasteiger partial charge in [-0.15, -0.1) is 0 Å². The first-order valence-electron chi connectivity index (χ1n) is 11.5. The average molecular weight is 474 g/mol. The smallest absolute Gasteiger partial charge is 0.316 e. The molecule has 3 heterocycles. The van der Waals surface area contributed by atoms with Crippen LogP contribution in [0, 0.1) is 0 Å². The first kappa shape index (κ1) is 22.7. The molecule has 5 N–H and O–H groups in total. The molecule has 0 bridgehead atoms. The maximum atomic E-state index is 12.6. The van der Waals surface area contributed by atoms with Crippen molar-refractivity contribution in [2.75, 3.05) is 50.1 Å². The van der Waals surface area contributed by atoms with E-state index in [2.05, 4.69) is 20.5 Å². The number of hydrogen-bond acceptors (Lipinski definition) is 5. The van der Waals surface area contributed by atoms with Crippen LogP contribution in [0.2, 0.25) is 0 Å². The molecule has 0 aliphatic carbocycles. The molecule has 5 rings (SSSR count). The summed E-state index contributed by atoms with van der Waals surface area (Å²) in [4.78, 5) is 29.3. The Labute approximate surface area is 202 Å². The molecule has 2 aromatic carbocycles. The Kier molecular flexibility index (Phi) is 6.51. The molecular weight excluding hydrogens is 446 g/mol. The fourth-order valence-corrected chi connectivity index (χ4v) is 4.25. The third kappa shape index (κ3) is 5.37. The Bertz CT molecular complexity index is 1280. The van der Waals surface area contributed by atoms with E-state index in [9.17, 15) is 9.59 Å². The predicted octanol–water partition coefficient (Wildman–Crippen LogP) is 3.38. The fourth-order valence-electron chi connectivity index (χ4n) is 4.25. The zero-order valence-electron chi connectivity index (χ0n) is 19.2. The van der Waals surface area contributed by atoms with Gasteiger partial charge in [-0.1, -0.05) is 12.1 Å². The maximum Gasteiger partial charge on any atom is 0.316 e. The predicted molar refractivity (Wildman–Crippen MR) is 135 cm³/mol. The van der Waals surface area contributed by atoms with Gasteiger partial charge in [0.05, 0.1) is 18.8 Å². The van der Waals surface area contributed by atoms with E-state index in [1.807, 2.05) is 36.5 Å². The standard InChI is InChI=1S/C26H27N5O4/c27-26(33)29-19-4-5-24-22(14-19)23(25(32)30-24)15-20-12-18(16-28-20)17-2-1-3-21(13-17)35-11-8-31-6-9-34-10-7-31/h1-5,12-16,28H,6-11H2,(H,30,32)(H3,27,29,33)/b23-15-. The highest BCUT2D eigenvalue weighted by Gasteiger charge is 2.24. The molecule has 0 radical (unpaired) electrons. The zero-order chi connectivity index (χ0) is 24.2. The van der Waals surface area contributed by atoms with Gasteiger partial charge >= 0.3 is 6.03 Å². The number of fused-ring (bicyclic) bond motifs is 1. The van der Waals surface area contributed by atoms with Crippen LogP contribution in [0.4, 0.5) is 16.2 Å². The van der Waals surface area contributed by atoms with Crippen molar-refractivity contribution in [1.29, 1.82) is 0 Å². The van der Waals surface area contributed by atoms with Gasteiger partial charge in [-0.05, 0) is 53.6 Å². The molecule has 35 heavy (non-hydrogen) atoms. The molecule has 1 fully saturated rings. The molecule has 3 amide bonds. The van der Waals surface area contributed by atoms with Gasteiger partial charge in [0.15, 0.2) is 0 Å². The Balaban J connectivity index is 1.30. The lowest BCUT2D eigenvalue weighted by Crippen LogP contribution is -2.38. The minimum absolute atomic E-state index is 0.206. The SMILES string of the molecule is NC(=O)Nc1ccc2c(c1)/C(=C/c1cc(-c3cccc(OCCN4CCOCC4)c3)c[nH]1)C(=O)N2. The number of H-pyrrole nitrogens is 1. The van der Waals surface area contributed by atoms with E-state index in [1.54, 1.807) is 24.3 Å². The van der Waals surface area contributed by atoms with Gasteiger partial charge in [-0.25, -0.2) is 4.79 Å². The van der Waals surface area contributed by atoms with Crippen LogP contribution < -0.4 is 21.1 Å². The van der Waals surface area contributed by atoms with Crippen molar-refractivity contribution >= 4 is 35.0 Å². The van der Waals surface area contributed by atoms with E-state index in [-0.39, 0.29) is 5.91 Å². The summed E-state index contributed by atoms with van der Waals surface area (Å²) in [5.74, 6) is 0.610. The number of urea groups is 1. The van der Waals surface area contributed by atoms with Gasteiger partial charge < -0.3 is 30.8 Å². The van der Waals surface area contributed by atoms with Crippen LogP contribution in [-0.2, 0) is 9.53 Å². The van der Waals surface area contributed by atoms with E-state index in [4.69, 9.17) is 15.2 Å². The molecule has 1 aromatic heterocycles. The summed E-state index contributed by atoms with van der Waals surface area (Å²) in [5, 5.41) is 5.39. The summed E-state index contributed by atoms with van der Waals surface area (Å²) in [5.41, 5.74) is 10.4. The Morgan fingerprint density at radius 3 is 2.83 bits per heavy atom. The summed E-state index contributed by atoms with van der Waals surface area (Å²) in [7, 11) is 0. The molecule has 0 unspecified atom stereocenters. The normalized spacial score (nSPS) is 16.7. The van der Waals surface area contributed by atoms with Crippen molar-refractivity contribution in [3.63, 3.8) is 0 Å². The maximum absolute atomic E-state index is 12.6. The molecule has 2 aliphatic heterocycles. The molecule has 0 saturated carbocycles. The largest absolute Gasteiger partial charge is 0.492 e. The number of rotatable bonds is 7. The number of amides is 3. The van der Waals surface area contributed by atoms with E-state index in [0.717, 1.165) is 55.4 Å². The number of aromatic nitrogens is 1. The second-order valence-electron chi connectivity index (χ2n) is 8.44. The van der Waals surface area contributed by atoms with Crippen molar-refractivity contribution < 1.29 is 19.1 Å². The molecule has 0 atom stereocenters. The van der Waals surface area contributed by atoms with Gasteiger partial charge in [0.25, 0.3) is 5.91 Å². The highest BCUT2D eigenvalue weighted by Crippen LogP contribution is 2.35. The fraction of sp³-hybridized carbons (Fsp3) is 0.231. The van der Waals surface area contributed by atoms with Crippen LogP contribution in [0.5, 0.6) is 5.75 Å². The van der Waals surface area contributed by atoms with Gasteiger partial charge in [-0.3, -0.25) is 9.69 Å². The van der Waals surface area contributed by atoms with Gasteiger partial charge in [0.2, 0.25) is 0 Å². The Hall–Kier alpha value is -4.08. The topological polar surface area (TPSA) is 122 Å². The summed E-state index contributed by atoms with van der Waals surface area (Å²) in [6, 6.07) is 14.4. The molecule has 9 nitrogen and oxygen atoms in total. The number of carbonyl (C=O) groups excluding carboxylic acids is 2. The van der Waals surface area contributed by atoms with Gasteiger partial charge in [-0.2, -0.15) is 0 Å². The summed E-state index contributed by atoms with van der Waals surface area (Å²) < 4.78 is 11.4. The van der Waals surface area contributed by atoms with Crippen LogP contribution in [-0.4, -0.2) is 61.3 Å². The van der Waals surface area contributed by atoms with E-state index >= 15 is 0 Å². The van der Waals surface area contributed by atoms with Gasteiger partial charge in [0, 0.05) is 48.5 Å². The van der Waals surface area contributed by atoms with Crippen molar-refractivity contribution in [2.24, 2.45) is 5.73 Å². The molecule has 180 valence electrons. The lowest BCUT2D eigenvalue weighted by atomic mass is 10.0. The summed E-state index contributed by atoms with van der Waals surface area (Å²) >= 11 is 0. The minimum atomic E-state index is -0.658. The minimum Gasteiger partial charge on any atom is -0.492 e. The molecule has 9 heteroatoms. The third-order valence-corrected chi connectivity index (χ3v) is 6.02. The average Bonchev–Trinajstić information content (AvgIpc) is 3.44. The second-order valence-corrected chi connectivity index (χ2v) is 8.44. The van der Waals surface area contributed by atoms with Crippen LogP contribution >= 0.6 is 0 Å². The van der Waals surface area contributed by atoms with Crippen molar-refractivity contribution in [3.05, 3.63) is 66.0 Å². The number of aromatic amines is 1. The number of morpholine rings is 1. The quantitative estimate of drug-likeness (QED) is 0.392. The van der Waals surface area contributed by atoms with Crippen LogP contribution in [0.1, 0.15) is 11.3 Å². The summed E-state index contributed by atoms with van der Waals surface area (Å²) in [6.45, 7) is 4.93. The number of anilines is 2. The van der Waals surface area contributed by atoms with Crippen molar-refractivity contribution in [2.45, 2.75) is 0 Å². The number of primary amides is 1. The lowest BCUT2D eigenvalue weighted by molar-refractivity contribution is -0.110. The highest BCUT2D eigenvalue weighted by atomic mass is 16.5. The lowest BCUT2D eigenvalue weighted by Gasteiger charge is -2.26. The van der Waals surface area contributed by atoms with Gasteiger partial charge in [0.1, 0.15) is 12.4 Å². The van der Waals surface area contributed by atoms with E-state index in [1.165, 1.54) is 0 Å². The van der Waals surface area contributed by atoms with E-state index < -0.39 is 6.03 Å². The first-order chi connectivity index (χ1) is 17.0. The van der Waals surface area contributed by atoms with Crippen LogP contribution in [0.15, 0.2) is 54.7 Å². The Morgan fingerprint density at radius 1 is 1.14 bits per heavy atom. The van der Waals surface area contributed by atoms with Crippen LogP contribution in [0.25, 0.3) is 22.8 Å². The number of nitrogens with zero attached hydrogens (tertiary/aromatic N) is 1. The van der Waals surface area contributed by atoms with Crippen LogP contribution in [0.3, 0.4) is 0 Å². The number of benzene rings is 2. The summed E-state index contributed by atoms with van der Waals surface area (Å²) in [6.07, 6.45) is 3.69. The third-order valence-electron chi connectivity index (χ3n) is 6.02. The molecule has 3 aromatic rings. The molecule has 0 spiro atoms. The second kappa shape index (κ2) is 10.0. The Morgan fingerprint density at radius 2 is 2.00 bits per heavy atom. The molecular formula is C26H27N5O4. The van der Waals surface area contributed by atoms with Crippen molar-refractivity contribution in [3.8, 4) is 16.9 Å². The zero-order valence-corrected chi connectivity index (χ0v) is 19.2. The number of nitrogens with two attached hydrogens (primary N) is 1. The highest BCUT2D eigenvalue weighted by molar-refractivity contribution is 6.35. The monoisotopic (exact) mass is 473 g/mol. The van der Waals surface area contributed by atoms with Crippen molar-refractivity contribution in [1.82, 2.24) is 9.88 Å².